The van der Waals surface area contributed by atoms with Crippen molar-refractivity contribution < 1.29 is 4.74 Å². The Morgan fingerprint density at radius 1 is 0.821 bits per heavy atom. The van der Waals surface area contributed by atoms with Crippen LogP contribution in [0.25, 0.3) is 10.9 Å². The summed E-state index contributed by atoms with van der Waals surface area (Å²) in [4.78, 5) is 9.37. The first-order valence-corrected chi connectivity index (χ1v) is 8.99. The van der Waals surface area contributed by atoms with Gasteiger partial charge >= 0.3 is 0 Å². The van der Waals surface area contributed by atoms with Crippen LogP contribution in [0.4, 0.5) is 23.1 Å². The molecule has 0 aliphatic heterocycles. The molecule has 28 heavy (non-hydrogen) atoms. The highest BCUT2D eigenvalue weighted by Gasteiger charge is 2.12. The molecule has 0 amide bonds. The van der Waals surface area contributed by atoms with E-state index in [0.29, 0.717) is 24.1 Å². The van der Waals surface area contributed by atoms with Crippen LogP contribution in [0.15, 0.2) is 72.8 Å². The first-order valence-electron chi connectivity index (χ1n) is 8.99. The molecule has 0 radical (unpaired) electrons. The number of ether oxygens (including phenoxy) is 1. The molecule has 0 aliphatic carbocycles. The lowest BCUT2D eigenvalue weighted by molar-refractivity contribution is 0.419. The summed E-state index contributed by atoms with van der Waals surface area (Å²) in [5, 5.41) is 7.53. The molecule has 0 aliphatic rings. The number of anilines is 4. The number of aromatic nitrogens is 2. The summed E-state index contributed by atoms with van der Waals surface area (Å²) in [6.45, 7) is 0.509. The Morgan fingerprint density at radius 3 is 2.29 bits per heavy atom. The minimum Gasteiger partial charge on any atom is -0.494 e. The van der Waals surface area contributed by atoms with E-state index in [1.54, 1.807) is 7.11 Å². The van der Waals surface area contributed by atoms with E-state index in [1.165, 1.54) is 0 Å². The normalized spacial score (nSPS) is 10.6. The maximum atomic E-state index is 5.67. The highest BCUT2D eigenvalue weighted by Crippen LogP contribution is 2.31. The molecule has 1 heterocycles. The number of fused-ring (bicyclic) bond motifs is 1. The number of nitrogens with zero attached hydrogens (tertiary/aromatic N) is 2. The van der Waals surface area contributed by atoms with Gasteiger partial charge in [-0.15, -0.1) is 0 Å². The molecule has 0 saturated heterocycles. The minimum atomic E-state index is 0.482. The largest absolute Gasteiger partial charge is 0.494 e. The van der Waals surface area contributed by atoms with Gasteiger partial charge in [0.05, 0.1) is 7.11 Å². The fourth-order valence-corrected chi connectivity index (χ4v) is 2.95. The summed E-state index contributed by atoms with van der Waals surface area (Å²) in [5.74, 6) is 1.88. The summed E-state index contributed by atoms with van der Waals surface area (Å²) in [6, 6.07) is 23.6. The van der Waals surface area contributed by atoms with Crippen LogP contribution in [0.2, 0.25) is 0 Å². The third-order valence-electron chi connectivity index (χ3n) is 4.39. The van der Waals surface area contributed by atoms with Gasteiger partial charge in [0.15, 0.2) is 0 Å². The molecule has 0 bridgehead atoms. The molecule has 4 N–H and O–H groups in total. The van der Waals surface area contributed by atoms with Gasteiger partial charge in [-0.25, -0.2) is 4.98 Å². The number of para-hydroxylation sites is 2. The number of nitrogens with two attached hydrogens (primary N) is 1. The second-order valence-electron chi connectivity index (χ2n) is 6.27. The standard InChI is InChI=1S/C22H21N5O/c1-28-19-9-5-8-18-20(19)26-22(25-17-12-10-15(14-23)11-13-17)27-21(18)24-16-6-3-2-4-7-16/h2-13H,14,23H2,1H3,(H2,24,25,26,27). The van der Waals surface area contributed by atoms with E-state index in [0.717, 1.165) is 27.8 Å². The van der Waals surface area contributed by atoms with Gasteiger partial charge in [0.1, 0.15) is 17.1 Å². The van der Waals surface area contributed by atoms with Gasteiger partial charge in [-0.3, -0.25) is 0 Å². The number of methoxy groups -OCH3 is 1. The molecule has 4 rings (SSSR count). The van der Waals surface area contributed by atoms with Gasteiger partial charge in [-0.1, -0.05) is 36.4 Å². The van der Waals surface area contributed by atoms with Gasteiger partial charge < -0.3 is 21.1 Å². The SMILES string of the molecule is COc1cccc2c(Nc3ccccc3)nc(Nc3ccc(CN)cc3)nc12. The number of hydrogen-bond acceptors (Lipinski definition) is 6. The van der Waals surface area contributed by atoms with E-state index < -0.39 is 0 Å². The van der Waals surface area contributed by atoms with Gasteiger partial charge in [0.2, 0.25) is 5.95 Å². The number of nitrogens with one attached hydrogen (secondary N) is 2. The molecule has 4 aromatic rings. The average molecular weight is 371 g/mol. The Labute approximate surface area is 163 Å². The summed E-state index contributed by atoms with van der Waals surface area (Å²) < 4.78 is 5.51. The average Bonchev–Trinajstić information content (AvgIpc) is 2.75. The van der Waals surface area contributed by atoms with Crippen LogP contribution in [0.5, 0.6) is 5.75 Å². The fraction of sp³-hybridized carbons (Fsp3) is 0.0909. The second-order valence-corrected chi connectivity index (χ2v) is 6.27. The van der Waals surface area contributed by atoms with Crippen LogP contribution < -0.4 is 21.1 Å². The van der Waals surface area contributed by atoms with Crippen molar-refractivity contribution in [2.75, 3.05) is 17.7 Å². The second kappa shape index (κ2) is 7.94. The molecular weight excluding hydrogens is 350 g/mol. The van der Waals surface area contributed by atoms with Crippen molar-refractivity contribution in [2.45, 2.75) is 6.54 Å². The lowest BCUT2D eigenvalue weighted by Gasteiger charge is -2.13. The van der Waals surface area contributed by atoms with Crippen LogP contribution >= 0.6 is 0 Å². The van der Waals surface area contributed by atoms with E-state index in [4.69, 9.17) is 15.5 Å². The topological polar surface area (TPSA) is 85.1 Å². The maximum absolute atomic E-state index is 5.67. The number of rotatable bonds is 6. The zero-order valence-corrected chi connectivity index (χ0v) is 15.5. The molecule has 0 unspecified atom stereocenters. The highest BCUT2D eigenvalue weighted by molar-refractivity contribution is 5.95. The van der Waals surface area contributed by atoms with Crippen molar-refractivity contribution in [2.24, 2.45) is 5.73 Å². The predicted octanol–water partition coefficient (Wildman–Crippen LogP) is 4.58. The molecule has 1 aromatic heterocycles. The molecular formula is C22H21N5O. The van der Waals surface area contributed by atoms with Crippen LogP contribution in [0.3, 0.4) is 0 Å². The molecule has 0 saturated carbocycles. The van der Waals surface area contributed by atoms with E-state index in [1.807, 2.05) is 72.8 Å². The Hall–Kier alpha value is -3.64. The molecule has 0 atom stereocenters. The minimum absolute atomic E-state index is 0.482. The van der Waals surface area contributed by atoms with Crippen LogP contribution in [0, 0.1) is 0 Å². The van der Waals surface area contributed by atoms with Gasteiger partial charge in [0.25, 0.3) is 0 Å². The highest BCUT2D eigenvalue weighted by atomic mass is 16.5. The van der Waals surface area contributed by atoms with Gasteiger partial charge in [-0.2, -0.15) is 4.98 Å². The number of hydrogen-bond donors (Lipinski definition) is 3. The summed E-state index contributed by atoms with van der Waals surface area (Å²) >= 11 is 0. The van der Waals surface area contributed by atoms with Crippen LogP contribution in [-0.4, -0.2) is 17.1 Å². The lowest BCUT2D eigenvalue weighted by Crippen LogP contribution is -2.03. The predicted molar refractivity (Wildman–Crippen MR) is 113 cm³/mol. The Morgan fingerprint density at radius 2 is 1.57 bits per heavy atom. The zero-order chi connectivity index (χ0) is 19.3. The molecule has 0 fully saturated rings. The van der Waals surface area contributed by atoms with Crippen LogP contribution in [-0.2, 0) is 6.54 Å². The van der Waals surface area contributed by atoms with Crippen molar-refractivity contribution in [3.63, 3.8) is 0 Å². The Bertz CT molecular complexity index is 1080. The van der Waals surface area contributed by atoms with E-state index in [-0.39, 0.29) is 0 Å². The molecule has 140 valence electrons. The quantitative estimate of drug-likeness (QED) is 0.460. The lowest BCUT2D eigenvalue weighted by atomic mass is 10.2. The van der Waals surface area contributed by atoms with Gasteiger partial charge in [-0.05, 0) is 42.0 Å². The van der Waals surface area contributed by atoms with Gasteiger partial charge in [0, 0.05) is 23.3 Å². The van der Waals surface area contributed by atoms with E-state index in [9.17, 15) is 0 Å². The van der Waals surface area contributed by atoms with Crippen LogP contribution in [0.1, 0.15) is 5.56 Å². The zero-order valence-electron chi connectivity index (χ0n) is 15.5. The van der Waals surface area contributed by atoms with Crippen molar-refractivity contribution in [3.05, 3.63) is 78.4 Å². The first kappa shape index (κ1) is 17.8. The van der Waals surface area contributed by atoms with Crippen molar-refractivity contribution in [1.82, 2.24) is 9.97 Å². The van der Waals surface area contributed by atoms with Crippen molar-refractivity contribution in [3.8, 4) is 5.75 Å². The monoisotopic (exact) mass is 371 g/mol. The molecule has 0 spiro atoms. The summed E-state index contributed by atoms with van der Waals surface area (Å²) in [6.07, 6.45) is 0. The van der Waals surface area contributed by atoms with E-state index >= 15 is 0 Å². The molecule has 6 heteroatoms. The third-order valence-corrected chi connectivity index (χ3v) is 4.39. The smallest absolute Gasteiger partial charge is 0.229 e. The van der Waals surface area contributed by atoms with Crippen molar-refractivity contribution >= 4 is 34.0 Å². The Kier molecular flexibility index (Phi) is 5.03. The summed E-state index contributed by atoms with van der Waals surface area (Å²) in [7, 11) is 1.64. The third kappa shape index (κ3) is 3.72. The van der Waals surface area contributed by atoms with Crippen molar-refractivity contribution in [1.29, 1.82) is 0 Å². The maximum Gasteiger partial charge on any atom is 0.229 e. The number of benzene rings is 3. The Balaban J connectivity index is 1.77. The summed E-state index contributed by atoms with van der Waals surface area (Å²) in [5.41, 5.74) is 9.31. The van der Waals surface area contributed by atoms with E-state index in [2.05, 4.69) is 15.6 Å². The first-order chi connectivity index (χ1) is 13.8. The fourth-order valence-electron chi connectivity index (χ4n) is 2.95. The molecule has 6 nitrogen and oxygen atoms in total. The molecule has 3 aromatic carbocycles.